The minimum absolute atomic E-state index is 0. The van der Waals surface area contributed by atoms with E-state index in [1.54, 1.807) is 0 Å². The topological polar surface area (TPSA) is 61.4 Å². The summed E-state index contributed by atoms with van der Waals surface area (Å²) in [6.07, 6.45) is 5.89. The van der Waals surface area contributed by atoms with Crippen LogP contribution in [0.1, 0.15) is 39.0 Å². The number of carbonyl (C=O) groups is 2. The van der Waals surface area contributed by atoms with Gasteiger partial charge in [0.25, 0.3) is 0 Å². The van der Waals surface area contributed by atoms with Gasteiger partial charge in [-0.2, -0.15) is 0 Å². The van der Waals surface area contributed by atoms with Crippen molar-refractivity contribution in [1.82, 2.24) is 15.5 Å². The summed E-state index contributed by atoms with van der Waals surface area (Å²) in [6, 6.07) is 0.362. The molecular formula is C15H28ClN3O2. The highest BCUT2D eigenvalue weighted by molar-refractivity contribution is 5.86. The highest BCUT2D eigenvalue weighted by atomic mass is 35.5. The highest BCUT2D eigenvalue weighted by Crippen LogP contribution is 2.21. The van der Waals surface area contributed by atoms with Gasteiger partial charge in [0.15, 0.2) is 0 Å². The average Bonchev–Trinajstić information content (AvgIpc) is 2.42. The van der Waals surface area contributed by atoms with E-state index in [2.05, 4.69) is 10.6 Å². The van der Waals surface area contributed by atoms with Crippen molar-refractivity contribution in [1.29, 1.82) is 0 Å². The van der Waals surface area contributed by atoms with Crippen LogP contribution in [0.25, 0.3) is 0 Å². The van der Waals surface area contributed by atoms with Gasteiger partial charge in [-0.3, -0.25) is 9.59 Å². The molecule has 1 aliphatic carbocycles. The van der Waals surface area contributed by atoms with Crippen molar-refractivity contribution in [2.45, 2.75) is 45.1 Å². The number of carbonyl (C=O) groups excluding carboxylic acids is 2. The molecule has 2 amide bonds. The van der Waals surface area contributed by atoms with Crippen LogP contribution in [0.15, 0.2) is 0 Å². The SMILES string of the molecule is CC(C(=O)NCC(=O)N(C)C1CCCCC1)C1CNC1.Cl. The Morgan fingerprint density at radius 1 is 1.24 bits per heavy atom. The second kappa shape index (κ2) is 8.59. The molecule has 0 radical (unpaired) electrons. The Balaban J connectivity index is 0.00000220. The second-order valence-corrected chi connectivity index (χ2v) is 6.22. The average molecular weight is 318 g/mol. The van der Waals surface area contributed by atoms with Crippen molar-refractivity contribution >= 4 is 24.2 Å². The zero-order valence-corrected chi connectivity index (χ0v) is 13.9. The number of nitrogens with zero attached hydrogens (tertiary/aromatic N) is 1. The number of nitrogens with one attached hydrogen (secondary N) is 2. The van der Waals surface area contributed by atoms with Crippen LogP contribution in [0, 0.1) is 11.8 Å². The molecule has 5 nitrogen and oxygen atoms in total. The molecule has 2 rings (SSSR count). The lowest BCUT2D eigenvalue weighted by Crippen LogP contribution is -2.51. The zero-order chi connectivity index (χ0) is 14.5. The number of rotatable bonds is 5. The first-order valence-electron chi connectivity index (χ1n) is 7.83. The van der Waals surface area contributed by atoms with Crippen molar-refractivity contribution in [3.63, 3.8) is 0 Å². The van der Waals surface area contributed by atoms with Gasteiger partial charge in [-0.1, -0.05) is 26.2 Å². The maximum atomic E-state index is 12.1. The molecule has 0 bridgehead atoms. The molecule has 2 N–H and O–H groups in total. The highest BCUT2D eigenvalue weighted by Gasteiger charge is 2.29. The van der Waals surface area contributed by atoms with Crippen molar-refractivity contribution in [2.24, 2.45) is 11.8 Å². The monoisotopic (exact) mass is 317 g/mol. The fraction of sp³-hybridized carbons (Fsp3) is 0.867. The number of halogens is 1. The summed E-state index contributed by atoms with van der Waals surface area (Å²) in [5.74, 6) is 0.441. The molecule has 1 saturated carbocycles. The molecule has 0 aromatic rings. The summed E-state index contributed by atoms with van der Waals surface area (Å²) in [4.78, 5) is 25.9. The third-order valence-corrected chi connectivity index (χ3v) is 4.86. The van der Waals surface area contributed by atoms with Crippen LogP contribution in [0.4, 0.5) is 0 Å². The number of likely N-dealkylation sites (N-methyl/N-ethyl adjacent to an activating group) is 1. The van der Waals surface area contributed by atoms with Crippen molar-refractivity contribution < 1.29 is 9.59 Å². The van der Waals surface area contributed by atoms with Gasteiger partial charge in [-0.05, 0) is 31.8 Å². The molecule has 0 aromatic heterocycles. The van der Waals surface area contributed by atoms with Crippen LogP contribution >= 0.6 is 12.4 Å². The van der Waals surface area contributed by atoms with E-state index in [0.29, 0.717) is 12.0 Å². The van der Waals surface area contributed by atoms with Gasteiger partial charge in [0.05, 0.1) is 6.54 Å². The third kappa shape index (κ3) is 4.85. The van der Waals surface area contributed by atoms with E-state index in [4.69, 9.17) is 0 Å². The molecule has 1 atom stereocenters. The molecule has 0 spiro atoms. The molecule has 122 valence electrons. The van der Waals surface area contributed by atoms with Crippen LogP contribution in [-0.4, -0.2) is 49.4 Å². The molecule has 6 heteroatoms. The summed E-state index contributed by atoms with van der Waals surface area (Å²) in [7, 11) is 1.86. The molecule has 2 aliphatic rings. The van der Waals surface area contributed by atoms with Gasteiger partial charge in [-0.15, -0.1) is 12.4 Å². The third-order valence-electron chi connectivity index (χ3n) is 4.86. The summed E-state index contributed by atoms with van der Waals surface area (Å²) < 4.78 is 0. The first-order valence-corrected chi connectivity index (χ1v) is 7.83. The molecule has 1 saturated heterocycles. The van der Waals surface area contributed by atoms with E-state index in [1.165, 1.54) is 19.3 Å². The first-order chi connectivity index (χ1) is 9.59. The molecule has 2 fully saturated rings. The largest absolute Gasteiger partial charge is 0.347 e. The first kappa shape index (κ1) is 18.2. The maximum Gasteiger partial charge on any atom is 0.241 e. The number of hydrogen-bond donors (Lipinski definition) is 2. The van der Waals surface area contributed by atoms with Crippen LogP contribution in [0.5, 0.6) is 0 Å². The van der Waals surface area contributed by atoms with Crippen molar-refractivity contribution in [2.75, 3.05) is 26.7 Å². The van der Waals surface area contributed by atoms with E-state index in [-0.39, 0.29) is 36.7 Å². The Hall–Kier alpha value is -0.810. The lowest BCUT2D eigenvalue weighted by atomic mass is 9.88. The molecule has 1 aliphatic heterocycles. The van der Waals surface area contributed by atoms with E-state index < -0.39 is 0 Å². The van der Waals surface area contributed by atoms with Gasteiger partial charge in [0.1, 0.15) is 0 Å². The quantitative estimate of drug-likeness (QED) is 0.800. The lowest BCUT2D eigenvalue weighted by Gasteiger charge is -2.33. The normalized spacial score (nSPS) is 20.9. The summed E-state index contributed by atoms with van der Waals surface area (Å²) in [5.41, 5.74) is 0. The van der Waals surface area contributed by atoms with E-state index in [9.17, 15) is 9.59 Å². The summed E-state index contributed by atoms with van der Waals surface area (Å²) in [5, 5.41) is 5.96. The molecule has 21 heavy (non-hydrogen) atoms. The zero-order valence-electron chi connectivity index (χ0n) is 13.1. The van der Waals surface area contributed by atoms with E-state index in [0.717, 1.165) is 25.9 Å². The van der Waals surface area contributed by atoms with Crippen LogP contribution < -0.4 is 10.6 Å². The fourth-order valence-electron chi connectivity index (χ4n) is 3.00. The Morgan fingerprint density at radius 2 is 1.86 bits per heavy atom. The smallest absolute Gasteiger partial charge is 0.241 e. The minimum atomic E-state index is -0.0102. The van der Waals surface area contributed by atoms with Gasteiger partial charge in [0.2, 0.25) is 11.8 Å². The van der Waals surface area contributed by atoms with Crippen molar-refractivity contribution in [3.05, 3.63) is 0 Å². The van der Waals surface area contributed by atoms with Crippen LogP contribution in [-0.2, 0) is 9.59 Å². The Kier molecular flexibility index (Phi) is 7.46. The Labute approximate surface area is 133 Å². The molecular weight excluding hydrogens is 290 g/mol. The standard InChI is InChI=1S/C15H27N3O2.ClH/c1-11(12-8-16-9-12)15(20)17-10-14(19)18(2)13-6-4-3-5-7-13;/h11-13,16H,3-10H2,1-2H3,(H,17,20);1H. The van der Waals surface area contributed by atoms with Gasteiger partial charge < -0.3 is 15.5 Å². The Morgan fingerprint density at radius 3 is 2.38 bits per heavy atom. The van der Waals surface area contributed by atoms with Crippen LogP contribution in [0.3, 0.4) is 0 Å². The molecule has 1 unspecified atom stereocenters. The van der Waals surface area contributed by atoms with E-state index >= 15 is 0 Å². The fourth-order valence-corrected chi connectivity index (χ4v) is 3.00. The van der Waals surface area contributed by atoms with Gasteiger partial charge in [0, 0.05) is 19.0 Å². The minimum Gasteiger partial charge on any atom is -0.347 e. The van der Waals surface area contributed by atoms with Gasteiger partial charge in [-0.25, -0.2) is 0 Å². The second-order valence-electron chi connectivity index (χ2n) is 6.22. The predicted molar refractivity (Wildman–Crippen MR) is 85.4 cm³/mol. The van der Waals surface area contributed by atoms with E-state index in [1.807, 2.05) is 18.9 Å². The summed E-state index contributed by atoms with van der Waals surface area (Å²) >= 11 is 0. The Bertz CT molecular complexity index is 355. The molecule has 0 aromatic carbocycles. The van der Waals surface area contributed by atoms with Crippen molar-refractivity contribution in [3.8, 4) is 0 Å². The summed E-state index contributed by atoms with van der Waals surface area (Å²) in [6.45, 7) is 3.89. The maximum absolute atomic E-state index is 12.1. The lowest BCUT2D eigenvalue weighted by molar-refractivity contribution is -0.135. The predicted octanol–water partition coefficient (Wildman–Crippen LogP) is 1.17. The van der Waals surface area contributed by atoms with Crippen LogP contribution in [0.2, 0.25) is 0 Å². The van der Waals surface area contributed by atoms with Gasteiger partial charge >= 0.3 is 0 Å². The number of hydrogen-bond acceptors (Lipinski definition) is 3. The molecule has 1 heterocycles. The number of amides is 2.